The maximum atomic E-state index is 11.9. The van der Waals surface area contributed by atoms with Gasteiger partial charge in [0, 0.05) is 26.8 Å². The number of nitrogens with zero attached hydrogens (tertiary/aromatic N) is 1. The maximum Gasteiger partial charge on any atom is 0.408 e. The minimum Gasteiger partial charge on any atom is -0.444 e. The molecule has 1 N–H and O–H groups in total. The number of likely N-dealkylation sites (N-methyl/N-ethyl adjacent to an activating group) is 1. The van der Waals surface area contributed by atoms with E-state index in [9.17, 15) is 9.59 Å². The molecule has 0 atom stereocenters. The highest BCUT2D eigenvalue weighted by Crippen LogP contribution is 2.18. The molecule has 0 aromatic heterocycles. The monoisotopic (exact) mass is 300 g/mol. The second-order valence-corrected chi connectivity index (χ2v) is 6.52. The van der Waals surface area contributed by atoms with Crippen LogP contribution in [0.1, 0.15) is 40.0 Å². The first-order chi connectivity index (χ1) is 9.78. The third-order valence-electron chi connectivity index (χ3n) is 3.42. The Morgan fingerprint density at radius 2 is 1.90 bits per heavy atom. The predicted molar refractivity (Wildman–Crippen MR) is 80.0 cm³/mol. The maximum absolute atomic E-state index is 11.9. The van der Waals surface area contributed by atoms with E-state index in [-0.39, 0.29) is 12.5 Å². The first-order valence-corrected chi connectivity index (χ1v) is 7.56. The summed E-state index contributed by atoms with van der Waals surface area (Å²) >= 11 is 0. The Bertz CT molecular complexity index is 346. The second kappa shape index (κ2) is 8.22. The van der Waals surface area contributed by atoms with Gasteiger partial charge in [-0.3, -0.25) is 4.79 Å². The SMILES string of the molecule is CN(CCC1CCOCC1)C(=O)CNC(=O)OC(C)(C)C. The van der Waals surface area contributed by atoms with Crippen molar-refractivity contribution < 1.29 is 19.1 Å². The van der Waals surface area contributed by atoms with Crippen LogP contribution in [-0.2, 0) is 14.3 Å². The zero-order chi connectivity index (χ0) is 15.9. The molecule has 1 aliphatic rings. The fourth-order valence-electron chi connectivity index (χ4n) is 2.13. The second-order valence-electron chi connectivity index (χ2n) is 6.52. The molecule has 0 radical (unpaired) electrons. The molecule has 1 rings (SSSR count). The Hall–Kier alpha value is -1.30. The van der Waals surface area contributed by atoms with Gasteiger partial charge in [-0.1, -0.05) is 0 Å². The topological polar surface area (TPSA) is 67.9 Å². The molecule has 0 bridgehead atoms. The highest BCUT2D eigenvalue weighted by atomic mass is 16.6. The predicted octanol–water partition coefficient (Wildman–Crippen LogP) is 1.79. The fraction of sp³-hybridized carbons (Fsp3) is 0.867. The van der Waals surface area contributed by atoms with Crippen LogP contribution in [0.25, 0.3) is 0 Å². The Balaban J connectivity index is 2.19. The summed E-state index contributed by atoms with van der Waals surface area (Å²) in [6.45, 7) is 7.68. The van der Waals surface area contributed by atoms with Gasteiger partial charge in [-0.15, -0.1) is 0 Å². The van der Waals surface area contributed by atoms with Crippen molar-refractivity contribution >= 4 is 12.0 Å². The quantitative estimate of drug-likeness (QED) is 0.840. The zero-order valence-corrected chi connectivity index (χ0v) is 13.6. The molecule has 21 heavy (non-hydrogen) atoms. The molecule has 0 aromatic carbocycles. The lowest BCUT2D eigenvalue weighted by atomic mass is 9.96. The van der Waals surface area contributed by atoms with Gasteiger partial charge in [-0.2, -0.15) is 0 Å². The van der Waals surface area contributed by atoms with Crippen LogP contribution >= 0.6 is 0 Å². The number of hydrogen-bond donors (Lipinski definition) is 1. The Morgan fingerprint density at radius 3 is 2.48 bits per heavy atom. The molecule has 122 valence electrons. The van der Waals surface area contributed by atoms with E-state index >= 15 is 0 Å². The van der Waals surface area contributed by atoms with Crippen LogP contribution in [-0.4, -0.2) is 55.9 Å². The summed E-state index contributed by atoms with van der Waals surface area (Å²) in [7, 11) is 1.76. The molecule has 0 spiro atoms. The van der Waals surface area contributed by atoms with Gasteiger partial charge < -0.3 is 19.7 Å². The van der Waals surface area contributed by atoms with Gasteiger partial charge in [0.25, 0.3) is 0 Å². The number of amides is 2. The van der Waals surface area contributed by atoms with Gasteiger partial charge in [-0.25, -0.2) is 4.79 Å². The average molecular weight is 300 g/mol. The van der Waals surface area contributed by atoms with Crippen molar-refractivity contribution in [3.8, 4) is 0 Å². The molecule has 0 aromatic rings. The highest BCUT2D eigenvalue weighted by Gasteiger charge is 2.19. The smallest absolute Gasteiger partial charge is 0.408 e. The molecular weight excluding hydrogens is 272 g/mol. The van der Waals surface area contributed by atoms with E-state index in [0.717, 1.165) is 32.5 Å². The van der Waals surface area contributed by atoms with E-state index in [1.807, 2.05) is 0 Å². The number of rotatable bonds is 5. The van der Waals surface area contributed by atoms with Gasteiger partial charge in [-0.05, 0) is 46.0 Å². The summed E-state index contributed by atoms with van der Waals surface area (Å²) in [5.74, 6) is 0.528. The molecule has 1 fully saturated rings. The lowest BCUT2D eigenvalue weighted by molar-refractivity contribution is -0.129. The summed E-state index contributed by atoms with van der Waals surface area (Å²) in [4.78, 5) is 25.0. The molecule has 2 amide bonds. The highest BCUT2D eigenvalue weighted by molar-refractivity contribution is 5.82. The molecule has 6 heteroatoms. The van der Waals surface area contributed by atoms with Gasteiger partial charge in [0.05, 0.1) is 0 Å². The first-order valence-electron chi connectivity index (χ1n) is 7.56. The molecule has 1 aliphatic heterocycles. The molecule has 1 heterocycles. The van der Waals surface area contributed by atoms with E-state index < -0.39 is 11.7 Å². The van der Waals surface area contributed by atoms with Crippen molar-refractivity contribution in [3.05, 3.63) is 0 Å². The van der Waals surface area contributed by atoms with E-state index in [0.29, 0.717) is 12.5 Å². The van der Waals surface area contributed by atoms with Gasteiger partial charge in [0.1, 0.15) is 12.1 Å². The van der Waals surface area contributed by atoms with E-state index in [4.69, 9.17) is 9.47 Å². The standard InChI is InChI=1S/C15H28N2O4/c1-15(2,3)21-14(19)16-11-13(18)17(4)8-5-12-6-9-20-10-7-12/h12H,5-11H2,1-4H3,(H,16,19). The van der Waals surface area contributed by atoms with E-state index in [1.165, 1.54) is 0 Å². The third-order valence-corrected chi connectivity index (χ3v) is 3.42. The molecule has 0 saturated carbocycles. The molecular formula is C15H28N2O4. The fourth-order valence-corrected chi connectivity index (χ4v) is 2.13. The molecule has 0 unspecified atom stereocenters. The zero-order valence-electron chi connectivity index (χ0n) is 13.6. The van der Waals surface area contributed by atoms with Crippen molar-refractivity contribution in [2.24, 2.45) is 5.92 Å². The summed E-state index contributed by atoms with van der Waals surface area (Å²) < 4.78 is 10.4. The molecule has 0 aliphatic carbocycles. The van der Waals surface area contributed by atoms with E-state index in [2.05, 4.69) is 5.32 Å². The van der Waals surface area contributed by atoms with E-state index in [1.54, 1.807) is 32.7 Å². The minimum absolute atomic E-state index is 0.0286. The first kappa shape index (κ1) is 17.8. The largest absolute Gasteiger partial charge is 0.444 e. The van der Waals surface area contributed by atoms with Crippen molar-refractivity contribution in [3.63, 3.8) is 0 Å². The number of hydrogen-bond acceptors (Lipinski definition) is 4. The number of carbonyl (C=O) groups is 2. The third kappa shape index (κ3) is 7.90. The lowest BCUT2D eigenvalue weighted by Crippen LogP contribution is -2.41. The van der Waals surface area contributed by atoms with Gasteiger partial charge in [0.2, 0.25) is 5.91 Å². The van der Waals surface area contributed by atoms with Crippen molar-refractivity contribution in [1.29, 1.82) is 0 Å². The van der Waals surface area contributed by atoms with Crippen LogP contribution in [0.5, 0.6) is 0 Å². The summed E-state index contributed by atoms with van der Waals surface area (Å²) in [6.07, 6.45) is 2.56. The molecule has 1 saturated heterocycles. The average Bonchev–Trinajstić information content (AvgIpc) is 2.41. The number of carbonyl (C=O) groups excluding carboxylic acids is 2. The van der Waals surface area contributed by atoms with Crippen molar-refractivity contribution in [1.82, 2.24) is 10.2 Å². The Kier molecular flexibility index (Phi) is 6.95. The van der Waals surface area contributed by atoms with Crippen LogP contribution in [0.2, 0.25) is 0 Å². The number of ether oxygens (including phenoxy) is 2. The number of alkyl carbamates (subject to hydrolysis) is 1. The van der Waals surface area contributed by atoms with Gasteiger partial charge >= 0.3 is 6.09 Å². The minimum atomic E-state index is -0.561. The van der Waals surface area contributed by atoms with Crippen molar-refractivity contribution in [2.45, 2.75) is 45.6 Å². The van der Waals surface area contributed by atoms with Crippen LogP contribution in [0, 0.1) is 5.92 Å². The summed E-state index contributed by atoms with van der Waals surface area (Å²) in [5, 5.41) is 2.49. The van der Waals surface area contributed by atoms with Crippen LogP contribution in [0.4, 0.5) is 4.79 Å². The summed E-state index contributed by atoms with van der Waals surface area (Å²) in [6, 6.07) is 0. The summed E-state index contributed by atoms with van der Waals surface area (Å²) in [5.41, 5.74) is -0.553. The normalized spacial score (nSPS) is 16.4. The molecule has 6 nitrogen and oxygen atoms in total. The Morgan fingerprint density at radius 1 is 1.29 bits per heavy atom. The van der Waals surface area contributed by atoms with Crippen LogP contribution in [0.3, 0.4) is 0 Å². The number of nitrogens with one attached hydrogen (secondary N) is 1. The lowest BCUT2D eigenvalue weighted by Gasteiger charge is -2.25. The van der Waals surface area contributed by atoms with Gasteiger partial charge in [0.15, 0.2) is 0 Å². The van der Waals surface area contributed by atoms with Crippen LogP contribution in [0.15, 0.2) is 0 Å². The Labute approximate surface area is 127 Å². The van der Waals surface area contributed by atoms with Crippen LogP contribution < -0.4 is 5.32 Å². The van der Waals surface area contributed by atoms with Crippen molar-refractivity contribution in [2.75, 3.05) is 33.4 Å².